The van der Waals surface area contributed by atoms with E-state index in [2.05, 4.69) is 18.9 Å². The first-order chi connectivity index (χ1) is 6.95. The molecule has 0 N–H and O–H groups in total. The van der Waals surface area contributed by atoms with Crippen molar-refractivity contribution in [2.75, 3.05) is 27.7 Å². The second-order valence-corrected chi connectivity index (χ2v) is 3.89. The number of carbonyl (C=O) groups excluding carboxylic acids is 1. The third kappa shape index (κ3) is 9.73. The van der Waals surface area contributed by atoms with Gasteiger partial charge in [0.2, 0.25) is 5.91 Å². The van der Waals surface area contributed by atoms with E-state index in [-0.39, 0.29) is 5.91 Å². The molecular weight excluding hydrogens is 188 g/mol. The highest BCUT2D eigenvalue weighted by atomic mass is 16.2. The van der Waals surface area contributed by atoms with Gasteiger partial charge in [-0.2, -0.15) is 0 Å². The lowest BCUT2D eigenvalue weighted by Gasteiger charge is -2.12. The predicted octanol–water partition coefficient (Wildman–Crippen LogP) is 2.22. The molecule has 1 saturated heterocycles. The van der Waals surface area contributed by atoms with Gasteiger partial charge >= 0.3 is 0 Å². The van der Waals surface area contributed by atoms with Crippen LogP contribution < -0.4 is 0 Å². The van der Waals surface area contributed by atoms with E-state index < -0.39 is 0 Å². The summed E-state index contributed by atoms with van der Waals surface area (Å²) in [7, 11) is 5.64. The molecule has 1 aliphatic rings. The van der Waals surface area contributed by atoms with Gasteiger partial charge in [0.15, 0.2) is 0 Å². The predicted molar refractivity (Wildman–Crippen MR) is 67.0 cm³/mol. The summed E-state index contributed by atoms with van der Waals surface area (Å²) in [6.07, 6.45) is 2.80. The second-order valence-electron chi connectivity index (χ2n) is 3.89. The summed E-state index contributed by atoms with van der Waals surface area (Å²) in [5, 5.41) is 0. The van der Waals surface area contributed by atoms with Crippen LogP contribution in [0.3, 0.4) is 0 Å². The molecule has 1 fully saturated rings. The Morgan fingerprint density at radius 3 is 1.80 bits per heavy atom. The first-order valence-electron chi connectivity index (χ1n) is 5.83. The Morgan fingerprint density at radius 1 is 1.33 bits per heavy atom. The summed E-state index contributed by atoms with van der Waals surface area (Å²) in [5.41, 5.74) is 0. The van der Waals surface area contributed by atoms with E-state index in [0.717, 1.165) is 6.04 Å². The van der Waals surface area contributed by atoms with Crippen LogP contribution >= 0.6 is 0 Å². The van der Waals surface area contributed by atoms with Gasteiger partial charge in [0.05, 0.1) is 0 Å². The highest BCUT2D eigenvalue weighted by molar-refractivity contribution is 5.72. The molecular formula is C12H28N2O. The van der Waals surface area contributed by atoms with Crippen molar-refractivity contribution in [3.63, 3.8) is 0 Å². The fourth-order valence-corrected chi connectivity index (χ4v) is 1.08. The van der Waals surface area contributed by atoms with Gasteiger partial charge < -0.3 is 9.80 Å². The van der Waals surface area contributed by atoms with Crippen LogP contribution in [0.15, 0.2) is 0 Å². The molecule has 3 heteroatoms. The Balaban J connectivity index is 0. The van der Waals surface area contributed by atoms with Gasteiger partial charge in [0, 0.05) is 27.1 Å². The fourth-order valence-electron chi connectivity index (χ4n) is 1.08. The highest BCUT2D eigenvalue weighted by Gasteiger charge is 2.14. The molecule has 15 heavy (non-hydrogen) atoms. The molecule has 0 bridgehead atoms. The van der Waals surface area contributed by atoms with Crippen LogP contribution in [-0.2, 0) is 4.79 Å². The maximum Gasteiger partial charge on any atom is 0.218 e. The number of rotatable bonds is 0. The molecule has 3 nitrogen and oxygen atoms in total. The van der Waals surface area contributed by atoms with Crippen molar-refractivity contribution in [3.8, 4) is 0 Å². The van der Waals surface area contributed by atoms with Crippen LogP contribution in [0.25, 0.3) is 0 Å². The lowest BCUT2D eigenvalue weighted by molar-refractivity contribution is -0.126. The first kappa shape index (κ1) is 16.8. The van der Waals surface area contributed by atoms with E-state index in [4.69, 9.17) is 0 Å². The molecule has 0 aliphatic carbocycles. The summed E-state index contributed by atoms with van der Waals surface area (Å²) in [5.74, 6) is 0.0926. The zero-order valence-corrected chi connectivity index (χ0v) is 11.5. The average Bonchev–Trinajstić information content (AvgIpc) is 2.55. The van der Waals surface area contributed by atoms with E-state index in [0.29, 0.717) is 0 Å². The van der Waals surface area contributed by atoms with Crippen LogP contribution in [0.1, 0.15) is 40.5 Å². The maximum atomic E-state index is 10.1. The quantitative estimate of drug-likeness (QED) is 0.620. The number of hydrogen-bond acceptors (Lipinski definition) is 2. The van der Waals surface area contributed by atoms with Crippen molar-refractivity contribution < 1.29 is 4.79 Å². The number of nitrogens with zero attached hydrogens (tertiary/aromatic N) is 2. The summed E-state index contributed by atoms with van der Waals surface area (Å²) in [4.78, 5) is 14.0. The Morgan fingerprint density at radius 2 is 1.73 bits per heavy atom. The standard InChI is InChI=1S/C6H13N.C4H9NO.C2H6/c1-6-4-3-5-7(6)2;1-4(6)5(2)3;1-2/h6H,3-5H2,1-2H3;1-3H3;1-2H3/t6-;;/m1../s1. The van der Waals surface area contributed by atoms with Gasteiger partial charge in [-0.05, 0) is 33.4 Å². The van der Waals surface area contributed by atoms with Crippen molar-refractivity contribution in [3.05, 3.63) is 0 Å². The van der Waals surface area contributed by atoms with Gasteiger partial charge in [0.1, 0.15) is 0 Å². The minimum Gasteiger partial charge on any atom is -0.349 e. The van der Waals surface area contributed by atoms with Crippen LogP contribution in [0.5, 0.6) is 0 Å². The second kappa shape index (κ2) is 9.97. The van der Waals surface area contributed by atoms with E-state index in [1.807, 2.05) is 13.8 Å². The molecule has 0 spiro atoms. The zero-order valence-electron chi connectivity index (χ0n) is 11.5. The number of hydrogen-bond donors (Lipinski definition) is 0. The summed E-state index contributed by atoms with van der Waals surface area (Å²) in [6, 6.07) is 0.847. The molecule has 0 radical (unpaired) electrons. The van der Waals surface area contributed by atoms with Gasteiger partial charge in [0.25, 0.3) is 0 Å². The SMILES string of the molecule is CC.CC(=O)N(C)C.C[C@@H]1CCCN1C. The van der Waals surface area contributed by atoms with Crippen LogP contribution in [0.2, 0.25) is 0 Å². The van der Waals surface area contributed by atoms with Crippen molar-refractivity contribution in [2.45, 2.75) is 46.6 Å². The normalized spacial score (nSPS) is 19.5. The molecule has 0 aromatic carbocycles. The minimum absolute atomic E-state index is 0.0926. The topological polar surface area (TPSA) is 23.6 Å². The first-order valence-corrected chi connectivity index (χ1v) is 5.83. The Bertz CT molecular complexity index is 150. The summed E-state index contributed by atoms with van der Waals surface area (Å²) >= 11 is 0. The molecule has 1 aliphatic heterocycles. The average molecular weight is 216 g/mol. The number of likely N-dealkylation sites (tertiary alicyclic amines) is 1. The largest absolute Gasteiger partial charge is 0.349 e. The van der Waals surface area contributed by atoms with Crippen LogP contribution in [-0.4, -0.2) is 49.4 Å². The van der Waals surface area contributed by atoms with Crippen molar-refractivity contribution in [1.82, 2.24) is 9.80 Å². The van der Waals surface area contributed by atoms with Crippen molar-refractivity contribution in [2.24, 2.45) is 0 Å². The van der Waals surface area contributed by atoms with Crippen molar-refractivity contribution >= 4 is 5.91 Å². The smallest absolute Gasteiger partial charge is 0.218 e. The molecule has 0 aromatic heterocycles. The molecule has 0 unspecified atom stereocenters. The van der Waals surface area contributed by atoms with Crippen molar-refractivity contribution in [1.29, 1.82) is 0 Å². The number of carbonyl (C=O) groups is 1. The minimum atomic E-state index is 0.0926. The molecule has 92 valence electrons. The zero-order chi connectivity index (χ0) is 12.4. The molecule has 1 atom stereocenters. The highest BCUT2D eigenvalue weighted by Crippen LogP contribution is 2.12. The third-order valence-electron chi connectivity index (χ3n) is 2.51. The summed E-state index contributed by atoms with van der Waals surface area (Å²) in [6.45, 7) is 9.12. The fraction of sp³-hybridized carbons (Fsp3) is 0.917. The van der Waals surface area contributed by atoms with Gasteiger partial charge in [-0.25, -0.2) is 0 Å². The van der Waals surface area contributed by atoms with Gasteiger partial charge in [-0.1, -0.05) is 13.8 Å². The van der Waals surface area contributed by atoms with E-state index in [1.165, 1.54) is 31.2 Å². The third-order valence-corrected chi connectivity index (χ3v) is 2.51. The lowest BCUT2D eigenvalue weighted by atomic mass is 10.3. The maximum absolute atomic E-state index is 10.1. The summed E-state index contributed by atoms with van der Waals surface area (Å²) < 4.78 is 0. The molecule has 1 amide bonds. The van der Waals surface area contributed by atoms with Crippen LogP contribution in [0, 0.1) is 0 Å². The number of amides is 1. The Kier molecular flexibility index (Phi) is 11.2. The molecule has 1 rings (SSSR count). The Labute approximate surface area is 95.4 Å². The van der Waals surface area contributed by atoms with Gasteiger partial charge in [-0.3, -0.25) is 4.79 Å². The monoisotopic (exact) mass is 216 g/mol. The van der Waals surface area contributed by atoms with E-state index in [1.54, 1.807) is 14.1 Å². The van der Waals surface area contributed by atoms with E-state index >= 15 is 0 Å². The van der Waals surface area contributed by atoms with Gasteiger partial charge in [-0.15, -0.1) is 0 Å². The molecule has 1 heterocycles. The lowest BCUT2D eigenvalue weighted by Crippen LogP contribution is -2.20. The van der Waals surface area contributed by atoms with Crippen LogP contribution in [0.4, 0.5) is 0 Å². The Hall–Kier alpha value is -0.570. The molecule has 0 aromatic rings. The molecule has 0 saturated carbocycles. The van der Waals surface area contributed by atoms with E-state index in [9.17, 15) is 4.79 Å².